The smallest absolute Gasteiger partial charge is 0.0991 e. The van der Waals surface area contributed by atoms with E-state index in [1.165, 1.54) is 11.1 Å². The Morgan fingerprint density at radius 3 is 2.48 bits per heavy atom. The SMILES string of the molecule is CC(Nc1cccc(CN(C)C)c1)c1ccc(C#N)cc1. The molecule has 2 rings (SSSR count). The first-order chi connectivity index (χ1) is 10.1. The maximum Gasteiger partial charge on any atom is 0.0991 e. The topological polar surface area (TPSA) is 39.1 Å². The molecule has 21 heavy (non-hydrogen) atoms. The highest BCUT2D eigenvalue weighted by molar-refractivity contribution is 5.48. The molecule has 0 radical (unpaired) electrons. The Morgan fingerprint density at radius 2 is 1.86 bits per heavy atom. The van der Waals surface area contributed by atoms with Crippen molar-refractivity contribution in [3.05, 3.63) is 65.2 Å². The fraction of sp³-hybridized carbons (Fsp3) is 0.278. The number of hydrogen-bond donors (Lipinski definition) is 1. The summed E-state index contributed by atoms with van der Waals surface area (Å²) < 4.78 is 0. The Kier molecular flexibility index (Phi) is 4.97. The average Bonchev–Trinajstić information content (AvgIpc) is 2.47. The number of anilines is 1. The minimum Gasteiger partial charge on any atom is -0.379 e. The van der Waals surface area contributed by atoms with Crippen molar-refractivity contribution in [1.82, 2.24) is 4.90 Å². The number of hydrogen-bond acceptors (Lipinski definition) is 3. The molecule has 0 fully saturated rings. The summed E-state index contributed by atoms with van der Waals surface area (Å²) in [5, 5.41) is 12.3. The van der Waals surface area contributed by atoms with Gasteiger partial charge in [0.1, 0.15) is 0 Å². The highest BCUT2D eigenvalue weighted by Gasteiger charge is 2.06. The summed E-state index contributed by atoms with van der Waals surface area (Å²) >= 11 is 0. The average molecular weight is 279 g/mol. The highest BCUT2D eigenvalue weighted by atomic mass is 15.0. The van der Waals surface area contributed by atoms with E-state index in [1.807, 2.05) is 24.3 Å². The molecule has 0 saturated heterocycles. The van der Waals surface area contributed by atoms with Crippen molar-refractivity contribution in [2.24, 2.45) is 0 Å². The van der Waals surface area contributed by atoms with Gasteiger partial charge in [0.05, 0.1) is 11.6 Å². The number of benzene rings is 2. The predicted octanol–water partition coefficient (Wildman–Crippen LogP) is 3.79. The second kappa shape index (κ2) is 6.92. The van der Waals surface area contributed by atoms with Gasteiger partial charge in [0.25, 0.3) is 0 Å². The van der Waals surface area contributed by atoms with Gasteiger partial charge in [-0.15, -0.1) is 0 Å². The van der Waals surface area contributed by atoms with Gasteiger partial charge in [0.15, 0.2) is 0 Å². The minimum atomic E-state index is 0.201. The Balaban J connectivity index is 2.08. The first-order valence-corrected chi connectivity index (χ1v) is 7.09. The van der Waals surface area contributed by atoms with Crippen LogP contribution in [-0.4, -0.2) is 19.0 Å². The Labute approximate surface area is 126 Å². The third-order valence-corrected chi connectivity index (χ3v) is 3.35. The van der Waals surface area contributed by atoms with Gasteiger partial charge < -0.3 is 10.2 Å². The van der Waals surface area contributed by atoms with E-state index < -0.39 is 0 Å². The molecule has 2 aromatic rings. The van der Waals surface area contributed by atoms with E-state index in [1.54, 1.807) is 0 Å². The van der Waals surface area contributed by atoms with Gasteiger partial charge in [0, 0.05) is 18.3 Å². The van der Waals surface area contributed by atoms with Gasteiger partial charge in [0.2, 0.25) is 0 Å². The van der Waals surface area contributed by atoms with Crippen LogP contribution in [0.4, 0.5) is 5.69 Å². The lowest BCUT2D eigenvalue weighted by atomic mass is 10.1. The summed E-state index contributed by atoms with van der Waals surface area (Å²) in [4.78, 5) is 2.16. The molecule has 2 aromatic carbocycles. The lowest BCUT2D eigenvalue weighted by molar-refractivity contribution is 0.402. The van der Waals surface area contributed by atoms with Crippen LogP contribution in [0.5, 0.6) is 0 Å². The van der Waals surface area contributed by atoms with E-state index in [0.717, 1.165) is 12.2 Å². The Hall–Kier alpha value is -2.31. The molecule has 1 unspecified atom stereocenters. The molecule has 0 saturated carbocycles. The Morgan fingerprint density at radius 1 is 1.14 bits per heavy atom. The summed E-state index contributed by atoms with van der Waals surface area (Å²) in [6.45, 7) is 3.06. The monoisotopic (exact) mass is 279 g/mol. The molecule has 0 heterocycles. The van der Waals surface area contributed by atoms with Gasteiger partial charge in [-0.1, -0.05) is 24.3 Å². The van der Waals surface area contributed by atoms with Crippen LogP contribution in [0.15, 0.2) is 48.5 Å². The van der Waals surface area contributed by atoms with Crippen molar-refractivity contribution >= 4 is 5.69 Å². The van der Waals surface area contributed by atoms with E-state index >= 15 is 0 Å². The molecule has 1 N–H and O–H groups in total. The lowest BCUT2D eigenvalue weighted by Gasteiger charge is -2.17. The van der Waals surface area contributed by atoms with Crippen LogP contribution in [0.2, 0.25) is 0 Å². The number of nitrogens with zero attached hydrogens (tertiary/aromatic N) is 2. The van der Waals surface area contributed by atoms with Gasteiger partial charge in [-0.2, -0.15) is 5.26 Å². The maximum atomic E-state index is 8.84. The van der Waals surface area contributed by atoms with Crippen LogP contribution >= 0.6 is 0 Å². The van der Waals surface area contributed by atoms with Crippen LogP contribution in [0, 0.1) is 11.3 Å². The van der Waals surface area contributed by atoms with Crippen LogP contribution < -0.4 is 5.32 Å². The number of nitrogens with one attached hydrogen (secondary N) is 1. The standard InChI is InChI=1S/C18H21N3/c1-14(17-9-7-15(12-19)8-10-17)20-18-6-4-5-16(11-18)13-21(2)3/h4-11,14,20H,13H2,1-3H3. The fourth-order valence-electron chi connectivity index (χ4n) is 2.30. The van der Waals surface area contributed by atoms with Gasteiger partial charge in [-0.3, -0.25) is 0 Å². The predicted molar refractivity (Wildman–Crippen MR) is 87.0 cm³/mol. The molecule has 0 aliphatic rings. The second-order valence-corrected chi connectivity index (χ2v) is 5.54. The number of rotatable bonds is 5. The van der Waals surface area contributed by atoms with Crippen molar-refractivity contribution in [1.29, 1.82) is 5.26 Å². The van der Waals surface area contributed by atoms with Crippen molar-refractivity contribution < 1.29 is 0 Å². The fourth-order valence-corrected chi connectivity index (χ4v) is 2.30. The Bertz CT molecular complexity index is 624. The summed E-state index contributed by atoms with van der Waals surface area (Å²) in [7, 11) is 4.14. The van der Waals surface area contributed by atoms with Crippen molar-refractivity contribution in [3.63, 3.8) is 0 Å². The van der Waals surface area contributed by atoms with Crippen LogP contribution in [0.1, 0.15) is 29.7 Å². The molecule has 3 heteroatoms. The van der Waals surface area contributed by atoms with E-state index in [0.29, 0.717) is 5.56 Å². The van der Waals surface area contributed by atoms with Gasteiger partial charge in [-0.25, -0.2) is 0 Å². The van der Waals surface area contributed by atoms with Gasteiger partial charge in [-0.05, 0) is 56.4 Å². The largest absolute Gasteiger partial charge is 0.379 e. The molecule has 0 aromatic heterocycles. The molecule has 0 spiro atoms. The minimum absolute atomic E-state index is 0.201. The normalized spacial score (nSPS) is 12.0. The third-order valence-electron chi connectivity index (χ3n) is 3.35. The third kappa shape index (κ3) is 4.34. The summed E-state index contributed by atoms with van der Waals surface area (Å²) in [6.07, 6.45) is 0. The van der Waals surface area contributed by atoms with Gasteiger partial charge >= 0.3 is 0 Å². The molecular formula is C18H21N3. The highest BCUT2D eigenvalue weighted by Crippen LogP contribution is 2.20. The lowest BCUT2D eigenvalue weighted by Crippen LogP contribution is -2.11. The molecule has 1 atom stereocenters. The second-order valence-electron chi connectivity index (χ2n) is 5.54. The van der Waals surface area contributed by atoms with Crippen LogP contribution in [0.25, 0.3) is 0 Å². The van der Waals surface area contributed by atoms with Crippen LogP contribution in [0.3, 0.4) is 0 Å². The molecule has 0 bridgehead atoms. The molecule has 3 nitrogen and oxygen atoms in total. The summed E-state index contributed by atoms with van der Waals surface area (Å²) in [5.74, 6) is 0. The zero-order valence-electron chi connectivity index (χ0n) is 12.8. The van der Waals surface area contributed by atoms with Crippen LogP contribution in [-0.2, 0) is 6.54 Å². The molecule has 0 amide bonds. The first kappa shape index (κ1) is 15.1. The molecule has 0 aliphatic heterocycles. The molecule has 108 valence electrons. The summed E-state index contributed by atoms with van der Waals surface area (Å²) in [5.41, 5.74) is 4.27. The quantitative estimate of drug-likeness (QED) is 0.905. The number of nitriles is 1. The first-order valence-electron chi connectivity index (χ1n) is 7.09. The van der Waals surface area contributed by atoms with Crippen molar-refractivity contribution in [2.75, 3.05) is 19.4 Å². The van der Waals surface area contributed by atoms with Crippen molar-refractivity contribution in [2.45, 2.75) is 19.5 Å². The van der Waals surface area contributed by atoms with Crippen molar-refractivity contribution in [3.8, 4) is 6.07 Å². The summed E-state index contributed by atoms with van der Waals surface area (Å²) in [6, 6.07) is 18.5. The molecular weight excluding hydrogens is 258 g/mol. The molecule has 0 aliphatic carbocycles. The van der Waals surface area contributed by atoms with E-state index in [9.17, 15) is 0 Å². The zero-order valence-corrected chi connectivity index (χ0v) is 12.8. The maximum absolute atomic E-state index is 8.84. The van der Waals surface area contributed by atoms with E-state index in [-0.39, 0.29) is 6.04 Å². The van der Waals surface area contributed by atoms with E-state index in [4.69, 9.17) is 5.26 Å². The van der Waals surface area contributed by atoms with E-state index in [2.05, 4.69) is 61.6 Å². The zero-order chi connectivity index (χ0) is 15.2.